The Labute approximate surface area is 187 Å². The molecule has 0 bridgehead atoms. The molecule has 7 nitrogen and oxygen atoms in total. The van der Waals surface area contributed by atoms with Gasteiger partial charge in [0, 0.05) is 12.7 Å². The van der Waals surface area contributed by atoms with Gasteiger partial charge in [-0.3, -0.25) is 19.8 Å². The molecule has 1 aliphatic heterocycles. The highest BCUT2D eigenvalue weighted by Crippen LogP contribution is 2.41. The second kappa shape index (κ2) is 8.75. The van der Waals surface area contributed by atoms with E-state index in [0.717, 1.165) is 22.8 Å². The molecule has 1 fully saturated rings. The fraction of sp³-hybridized carbons (Fsp3) is 0.320. The van der Waals surface area contributed by atoms with Crippen LogP contribution in [-0.4, -0.2) is 28.3 Å². The highest BCUT2D eigenvalue weighted by atomic mass is 16.2. The fourth-order valence-electron chi connectivity index (χ4n) is 4.32. The molecule has 7 heteroatoms. The predicted molar refractivity (Wildman–Crippen MR) is 123 cm³/mol. The van der Waals surface area contributed by atoms with E-state index in [0.29, 0.717) is 18.8 Å². The Balaban J connectivity index is 1.51. The van der Waals surface area contributed by atoms with Crippen LogP contribution in [-0.2, 0) is 16.0 Å². The summed E-state index contributed by atoms with van der Waals surface area (Å²) in [5, 5.41) is 14.6. The van der Waals surface area contributed by atoms with Crippen molar-refractivity contribution in [1.82, 2.24) is 9.97 Å². The molecule has 2 amide bonds. The Kier molecular flexibility index (Phi) is 5.87. The lowest BCUT2D eigenvalue weighted by Gasteiger charge is -2.26. The SMILES string of the molecule is CCC(C)[C@]1(C#N)CCN(c2ccnc(NC(=O)Cc3cccc4ccccc34)n2)C1=O. The van der Waals surface area contributed by atoms with Crippen molar-refractivity contribution in [3.8, 4) is 6.07 Å². The summed E-state index contributed by atoms with van der Waals surface area (Å²) in [6, 6.07) is 17.7. The van der Waals surface area contributed by atoms with Crippen LogP contribution in [0.4, 0.5) is 11.8 Å². The van der Waals surface area contributed by atoms with Crippen LogP contribution in [0.5, 0.6) is 0 Å². The van der Waals surface area contributed by atoms with Crippen molar-refractivity contribution in [3.63, 3.8) is 0 Å². The van der Waals surface area contributed by atoms with Crippen LogP contribution in [0.1, 0.15) is 32.3 Å². The molecule has 1 N–H and O–H groups in total. The summed E-state index contributed by atoms with van der Waals surface area (Å²) in [7, 11) is 0. The number of hydrogen-bond donors (Lipinski definition) is 1. The lowest BCUT2D eigenvalue weighted by atomic mass is 9.75. The van der Waals surface area contributed by atoms with Gasteiger partial charge < -0.3 is 0 Å². The highest BCUT2D eigenvalue weighted by Gasteiger charge is 2.51. The lowest BCUT2D eigenvalue weighted by Crippen LogP contribution is -2.38. The maximum atomic E-state index is 13.1. The molecule has 1 aromatic heterocycles. The molecule has 1 unspecified atom stereocenters. The van der Waals surface area contributed by atoms with E-state index in [1.54, 1.807) is 6.07 Å². The second-order valence-corrected chi connectivity index (χ2v) is 8.20. The molecule has 2 heterocycles. The molecule has 2 aromatic carbocycles. The number of anilines is 2. The smallest absolute Gasteiger partial charge is 0.248 e. The van der Waals surface area contributed by atoms with Crippen molar-refractivity contribution < 1.29 is 9.59 Å². The van der Waals surface area contributed by atoms with Gasteiger partial charge in [0.1, 0.15) is 11.2 Å². The number of carbonyl (C=O) groups excluding carboxylic acids is 2. The molecule has 162 valence electrons. The van der Waals surface area contributed by atoms with Crippen LogP contribution in [0.15, 0.2) is 54.7 Å². The van der Waals surface area contributed by atoms with E-state index in [4.69, 9.17) is 0 Å². The third-order valence-electron chi connectivity index (χ3n) is 6.41. The van der Waals surface area contributed by atoms with Gasteiger partial charge in [0.05, 0.1) is 12.5 Å². The molecular formula is C25H25N5O2. The molecular weight excluding hydrogens is 402 g/mol. The van der Waals surface area contributed by atoms with Gasteiger partial charge in [0.25, 0.3) is 0 Å². The number of aromatic nitrogens is 2. The second-order valence-electron chi connectivity index (χ2n) is 8.20. The standard InChI is InChI=1S/C25H25N5O2/c1-3-17(2)25(16-26)12-14-30(23(25)32)21-11-13-27-24(28-21)29-22(31)15-19-9-6-8-18-7-4-5-10-20(18)19/h4-11,13,17H,3,12,14-15H2,1-2H3,(H,27,28,29,31)/t17?,25-/m1/s1. The van der Waals surface area contributed by atoms with Crippen molar-refractivity contribution in [2.24, 2.45) is 11.3 Å². The number of hydrogen-bond acceptors (Lipinski definition) is 5. The minimum Gasteiger partial charge on any atom is -0.295 e. The quantitative estimate of drug-likeness (QED) is 0.638. The zero-order valence-corrected chi connectivity index (χ0v) is 18.2. The number of carbonyl (C=O) groups is 2. The molecule has 2 atom stereocenters. The van der Waals surface area contributed by atoms with Crippen LogP contribution in [0.25, 0.3) is 10.8 Å². The van der Waals surface area contributed by atoms with Crippen LogP contribution < -0.4 is 10.2 Å². The first kappa shape index (κ1) is 21.4. The molecule has 4 rings (SSSR count). The Morgan fingerprint density at radius 3 is 2.81 bits per heavy atom. The number of fused-ring (bicyclic) bond motifs is 1. The highest BCUT2D eigenvalue weighted by molar-refractivity contribution is 6.01. The Morgan fingerprint density at radius 2 is 2.03 bits per heavy atom. The van der Waals surface area contributed by atoms with Crippen LogP contribution in [0, 0.1) is 22.7 Å². The van der Waals surface area contributed by atoms with Gasteiger partial charge in [-0.2, -0.15) is 10.2 Å². The van der Waals surface area contributed by atoms with Crippen molar-refractivity contribution in [3.05, 3.63) is 60.3 Å². The monoisotopic (exact) mass is 427 g/mol. The fourth-order valence-corrected chi connectivity index (χ4v) is 4.32. The first-order valence-electron chi connectivity index (χ1n) is 10.8. The largest absolute Gasteiger partial charge is 0.295 e. The summed E-state index contributed by atoms with van der Waals surface area (Å²) in [6.07, 6.45) is 2.90. The van der Waals surface area contributed by atoms with E-state index in [9.17, 15) is 14.9 Å². The molecule has 0 radical (unpaired) electrons. The number of nitrogens with zero attached hydrogens (tertiary/aromatic N) is 4. The predicted octanol–water partition coefficient (Wildman–Crippen LogP) is 4.10. The van der Waals surface area contributed by atoms with Gasteiger partial charge in [-0.15, -0.1) is 0 Å². The number of amides is 2. The number of nitriles is 1. The Bertz CT molecular complexity index is 1210. The number of rotatable bonds is 6. The average molecular weight is 428 g/mol. The minimum absolute atomic E-state index is 0.0493. The van der Waals surface area contributed by atoms with Gasteiger partial charge in [0.15, 0.2) is 0 Å². The van der Waals surface area contributed by atoms with E-state index < -0.39 is 5.41 Å². The van der Waals surface area contributed by atoms with Crippen LogP contribution in [0.2, 0.25) is 0 Å². The third-order valence-corrected chi connectivity index (χ3v) is 6.41. The van der Waals surface area contributed by atoms with E-state index in [1.807, 2.05) is 56.3 Å². The van der Waals surface area contributed by atoms with Gasteiger partial charge in [0.2, 0.25) is 17.8 Å². The zero-order chi connectivity index (χ0) is 22.7. The summed E-state index contributed by atoms with van der Waals surface area (Å²) >= 11 is 0. The summed E-state index contributed by atoms with van der Waals surface area (Å²) in [5.41, 5.74) is -0.115. The molecule has 1 saturated heterocycles. The molecule has 0 aliphatic carbocycles. The van der Waals surface area contributed by atoms with Gasteiger partial charge in [-0.1, -0.05) is 62.7 Å². The maximum absolute atomic E-state index is 13.1. The topological polar surface area (TPSA) is 99.0 Å². The average Bonchev–Trinajstić information content (AvgIpc) is 3.16. The van der Waals surface area contributed by atoms with Crippen LogP contribution in [0.3, 0.4) is 0 Å². The van der Waals surface area contributed by atoms with E-state index in [-0.39, 0.29) is 30.1 Å². The van der Waals surface area contributed by atoms with Crippen molar-refractivity contribution in [1.29, 1.82) is 5.26 Å². The van der Waals surface area contributed by atoms with E-state index in [2.05, 4.69) is 21.4 Å². The molecule has 0 spiro atoms. The van der Waals surface area contributed by atoms with E-state index >= 15 is 0 Å². The van der Waals surface area contributed by atoms with Gasteiger partial charge in [-0.05, 0) is 34.7 Å². The number of nitrogens with one attached hydrogen (secondary N) is 1. The first-order chi connectivity index (χ1) is 15.5. The zero-order valence-electron chi connectivity index (χ0n) is 18.2. The lowest BCUT2D eigenvalue weighted by molar-refractivity contribution is -0.125. The maximum Gasteiger partial charge on any atom is 0.248 e. The Morgan fingerprint density at radius 1 is 1.25 bits per heavy atom. The summed E-state index contributed by atoms with van der Waals surface area (Å²) < 4.78 is 0. The van der Waals surface area contributed by atoms with Crippen molar-refractivity contribution >= 4 is 34.4 Å². The number of benzene rings is 2. The summed E-state index contributed by atoms with van der Waals surface area (Å²) in [5.74, 6) is 0.00874. The van der Waals surface area contributed by atoms with Crippen molar-refractivity contribution in [2.75, 3.05) is 16.8 Å². The van der Waals surface area contributed by atoms with Crippen LogP contribution >= 0.6 is 0 Å². The Hall–Kier alpha value is -3.79. The minimum atomic E-state index is -1.03. The first-order valence-corrected chi connectivity index (χ1v) is 10.8. The normalized spacial score (nSPS) is 19.0. The molecule has 32 heavy (non-hydrogen) atoms. The summed E-state index contributed by atoms with van der Waals surface area (Å²) in [4.78, 5) is 35.9. The van der Waals surface area contributed by atoms with E-state index in [1.165, 1.54) is 11.1 Å². The molecule has 3 aromatic rings. The summed E-state index contributed by atoms with van der Waals surface area (Å²) in [6.45, 7) is 4.33. The van der Waals surface area contributed by atoms with Crippen molar-refractivity contribution in [2.45, 2.75) is 33.1 Å². The molecule has 0 saturated carbocycles. The molecule has 1 aliphatic rings. The van der Waals surface area contributed by atoms with Gasteiger partial charge in [-0.25, -0.2) is 4.98 Å². The third kappa shape index (κ3) is 3.80. The van der Waals surface area contributed by atoms with Gasteiger partial charge >= 0.3 is 0 Å².